The number of carbonyl (C=O) groups is 2. The van der Waals surface area contributed by atoms with Crippen molar-refractivity contribution in [3.8, 4) is 0 Å². The van der Waals surface area contributed by atoms with Gasteiger partial charge in [-0.1, -0.05) is 6.07 Å². The van der Waals surface area contributed by atoms with Crippen LogP contribution in [0.1, 0.15) is 25.7 Å². The zero-order chi connectivity index (χ0) is 22.3. The highest BCUT2D eigenvalue weighted by atomic mass is 19.1. The number of aromatic nitrogens is 2. The number of halogens is 1. The van der Waals surface area contributed by atoms with Crippen LogP contribution in [-0.2, 0) is 4.79 Å². The zero-order valence-corrected chi connectivity index (χ0v) is 18.0. The number of hydrogen-bond donors (Lipinski definition) is 2. The molecule has 2 aliphatic heterocycles. The molecule has 2 saturated heterocycles. The van der Waals surface area contributed by atoms with E-state index < -0.39 is 5.82 Å². The summed E-state index contributed by atoms with van der Waals surface area (Å²) in [6.07, 6.45) is 8.63. The molecule has 0 bridgehead atoms. The molecule has 2 N–H and O–H groups in total. The van der Waals surface area contributed by atoms with Crippen LogP contribution in [0.2, 0.25) is 0 Å². The van der Waals surface area contributed by atoms with Gasteiger partial charge in [-0.15, -0.1) is 0 Å². The highest BCUT2D eigenvalue weighted by Gasteiger charge is 2.31. The van der Waals surface area contributed by atoms with Crippen LogP contribution in [0.5, 0.6) is 0 Å². The first kappa shape index (κ1) is 22.0. The van der Waals surface area contributed by atoms with Crippen LogP contribution < -0.4 is 15.5 Å². The van der Waals surface area contributed by atoms with Crippen LogP contribution in [0.25, 0.3) is 0 Å². The van der Waals surface area contributed by atoms with E-state index in [0.29, 0.717) is 18.8 Å². The van der Waals surface area contributed by atoms with Crippen molar-refractivity contribution < 1.29 is 14.0 Å². The Balaban J connectivity index is 1.22. The van der Waals surface area contributed by atoms with E-state index in [9.17, 15) is 14.0 Å². The van der Waals surface area contributed by atoms with Gasteiger partial charge in [0.2, 0.25) is 5.91 Å². The van der Waals surface area contributed by atoms with Crippen LogP contribution in [0.3, 0.4) is 0 Å². The second-order valence-electron chi connectivity index (χ2n) is 8.46. The van der Waals surface area contributed by atoms with Gasteiger partial charge in [-0.2, -0.15) is 0 Å². The maximum absolute atomic E-state index is 13.3. The van der Waals surface area contributed by atoms with Crippen molar-refractivity contribution in [2.75, 3.05) is 42.9 Å². The van der Waals surface area contributed by atoms with Crippen molar-refractivity contribution in [1.29, 1.82) is 0 Å². The average molecular weight is 441 g/mol. The summed E-state index contributed by atoms with van der Waals surface area (Å²) in [5.74, 6) is 0.931. The Bertz CT molecular complexity index is 920. The quantitative estimate of drug-likeness (QED) is 0.746. The number of amides is 3. The summed E-state index contributed by atoms with van der Waals surface area (Å²) in [7, 11) is 0. The predicted octanol–water partition coefficient (Wildman–Crippen LogP) is 2.89. The molecule has 2 aromatic rings. The van der Waals surface area contributed by atoms with E-state index in [-0.39, 0.29) is 23.8 Å². The van der Waals surface area contributed by atoms with E-state index in [0.717, 1.165) is 51.1 Å². The van der Waals surface area contributed by atoms with Gasteiger partial charge in [0.15, 0.2) is 0 Å². The first-order valence-electron chi connectivity index (χ1n) is 11.2. The number of hydrogen-bond acceptors (Lipinski definition) is 5. The van der Waals surface area contributed by atoms with Crippen LogP contribution in [-0.4, -0.2) is 59.5 Å². The lowest BCUT2D eigenvalue weighted by Crippen LogP contribution is -2.48. The number of likely N-dealkylation sites (tertiary alicyclic amines) is 1. The third-order valence-electron chi connectivity index (χ3n) is 6.18. The predicted molar refractivity (Wildman–Crippen MR) is 120 cm³/mol. The molecule has 0 aliphatic carbocycles. The number of benzene rings is 1. The number of nitrogens with zero attached hydrogens (tertiary/aromatic N) is 4. The maximum atomic E-state index is 13.3. The Morgan fingerprint density at radius 3 is 2.72 bits per heavy atom. The van der Waals surface area contributed by atoms with Crippen molar-refractivity contribution in [1.82, 2.24) is 20.2 Å². The largest absolute Gasteiger partial charge is 0.355 e. The van der Waals surface area contributed by atoms with Gasteiger partial charge in [0.05, 0.1) is 6.20 Å². The first-order valence-corrected chi connectivity index (χ1v) is 11.2. The fraction of sp³-hybridized carbons (Fsp3) is 0.478. The summed E-state index contributed by atoms with van der Waals surface area (Å²) in [5.41, 5.74) is 0.413. The van der Waals surface area contributed by atoms with Crippen molar-refractivity contribution in [3.63, 3.8) is 0 Å². The zero-order valence-electron chi connectivity index (χ0n) is 18.0. The molecule has 8 nitrogen and oxygen atoms in total. The van der Waals surface area contributed by atoms with E-state index in [4.69, 9.17) is 0 Å². The Kier molecular flexibility index (Phi) is 7.14. The van der Waals surface area contributed by atoms with Crippen LogP contribution in [0, 0.1) is 17.7 Å². The standard InChI is InChI=1S/C23H29FN6O2/c24-19-4-1-5-20(13-19)28-23(32)27-14-17-3-2-10-30(16-17)22(31)18-6-11-29(12-7-18)21-15-25-8-9-26-21/h1,4-5,8-9,13,15,17-18H,2-3,6-7,10-12,14,16H2,(H2,27,28,32). The van der Waals surface area contributed by atoms with E-state index in [1.165, 1.54) is 12.1 Å². The Hall–Kier alpha value is -3.23. The fourth-order valence-corrected chi connectivity index (χ4v) is 4.48. The molecule has 2 fully saturated rings. The Morgan fingerprint density at radius 2 is 1.97 bits per heavy atom. The lowest BCUT2D eigenvalue weighted by Gasteiger charge is -2.38. The molecule has 4 rings (SSSR count). The van der Waals surface area contributed by atoms with Crippen molar-refractivity contribution in [3.05, 3.63) is 48.7 Å². The molecule has 0 spiro atoms. The molecule has 9 heteroatoms. The second-order valence-corrected chi connectivity index (χ2v) is 8.46. The van der Waals surface area contributed by atoms with E-state index >= 15 is 0 Å². The smallest absolute Gasteiger partial charge is 0.319 e. The summed E-state index contributed by atoms with van der Waals surface area (Å²) in [6.45, 7) is 3.51. The molecule has 1 aromatic carbocycles. The molecular formula is C23H29FN6O2. The molecule has 3 heterocycles. The highest BCUT2D eigenvalue weighted by Crippen LogP contribution is 2.25. The third kappa shape index (κ3) is 5.72. The van der Waals surface area contributed by atoms with Crippen molar-refractivity contribution >= 4 is 23.4 Å². The first-order chi connectivity index (χ1) is 15.6. The normalized spacial score (nSPS) is 19.5. The number of urea groups is 1. The summed E-state index contributed by atoms with van der Waals surface area (Å²) in [4.78, 5) is 37.8. The van der Waals surface area contributed by atoms with E-state index in [1.54, 1.807) is 30.7 Å². The van der Waals surface area contributed by atoms with Crippen LogP contribution in [0.15, 0.2) is 42.9 Å². The molecule has 32 heavy (non-hydrogen) atoms. The Labute approximate surface area is 187 Å². The van der Waals surface area contributed by atoms with Crippen molar-refractivity contribution in [2.45, 2.75) is 25.7 Å². The maximum Gasteiger partial charge on any atom is 0.319 e. The molecule has 1 unspecified atom stereocenters. The molecule has 0 saturated carbocycles. The molecule has 2 aliphatic rings. The van der Waals surface area contributed by atoms with Gasteiger partial charge in [0, 0.05) is 56.7 Å². The van der Waals surface area contributed by atoms with Gasteiger partial charge >= 0.3 is 6.03 Å². The average Bonchev–Trinajstić information content (AvgIpc) is 2.83. The molecule has 170 valence electrons. The number of piperidine rings is 2. The van der Waals surface area contributed by atoms with Crippen molar-refractivity contribution in [2.24, 2.45) is 11.8 Å². The number of carbonyl (C=O) groups excluding carboxylic acids is 2. The summed E-state index contributed by atoms with van der Waals surface area (Å²) >= 11 is 0. The minimum Gasteiger partial charge on any atom is -0.355 e. The topological polar surface area (TPSA) is 90.5 Å². The molecule has 3 amide bonds. The molecule has 0 radical (unpaired) electrons. The third-order valence-corrected chi connectivity index (χ3v) is 6.18. The fourth-order valence-electron chi connectivity index (χ4n) is 4.48. The number of anilines is 2. The SMILES string of the molecule is O=C(NCC1CCCN(C(=O)C2CCN(c3cnccn3)CC2)C1)Nc1cccc(F)c1. The summed E-state index contributed by atoms with van der Waals surface area (Å²) in [5, 5.41) is 5.49. The lowest BCUT2D eigenvalue weighted by atomic mass is 9.92. The van der Waals surface area contributed by atoms with Gasteiger partial charge < -0.3 is 20.4 Å². The molecule has 1 atom stereocenters. The number of rotatable bonds is 5. The van der Waals surface area contributed by atoms with Gasteiger partial charge in [0.1, 0.15) is 11.6 Å². The minimum absolute atomic E-state index is 0.0332. The second kappa shape index (κ2) is 10.4. The molecular weight excluding hydrogens is 411 g/mol. The van der Waals surface area contributed by atoms with Crippen LogP contribution >= 0.6 is 0 Å². The van der Waals surface area contributed by atoms with Crippen LogP contribution in [0.4, 0.5) is 20.7 Å². The minimum atomic E-state index is -0.397. The monoisotopic (exact) mass is 440 g/mol. The van der Waals surface area contributed by atoms with E-state index in [1.807, 2.05) is 4.90 Å². The number of nitrogens with one attached hydrogen (secondary N) is 2. The van der Waals surface area contributed by atoms with Gasteiger partial charge in [-0.05, 0) is 49.8 Å². The van der Waals surface area contributed by atoms with Gasteiger partial charge in [-0.25, -0.2) is 14.2 Å². The summed E-state index contributed by atoms with van der Waals surface area (Å²) in [6, 6.07) is 5.43. The van der Waals surface area contributed by atoms with Gasteiger partial charge in [0.25, 0.3) is 0 Å². The van der Waals surface area contributed by atoms with E-state index in [2.05, 4.69) is 25.5 Å². The molecule has 1 aromatic heterocycles. The lowest BCUT2D eigenvalue weighted by molar-refractivity contribution is -0.138. The Morgan fingerprint density at radius 1 is 1.12 bits per heavy atom. The highest BCUT2D eigenvalue weighted by molar-refractivity contribution is 5.89. The summed E-state index contributed by atoms with van der Waals surface area (Å²) < 4.78 is 13.3. The van der Waals surface area contributed by atoms with Gasteiger partial charge in [-0.3, -0.25) is 9.78 Å².